The van der Waals surface area contributed by atoms with Gasteiger partial charge < -0.3 is 9.84 Å². The molecule has 1 atom stereocenters. The summed E-state index contributed by atoms with van der Waals surface area (Å²) in [4.78, 5) is 24.4. The van der Waals surface area contributed by atoms with Gasteiger partial charge in [0, 0.05) is 5.56 Å². The average Bonchev–Trinajstić information content (AvgIpc) is 2.41. The van der Waals surface area contributed by atoms with Gasteiger partial charge in [0.05, 0.1) is 24.9 Å². The molecular weight excluding hydrogens is 313 g/mol. The summed E-state index contributed by atoms with van der Waals surface area (Å²) in [6, 6.07) is 3.93. The Morgan fingerprint density at radius 2 is 2.09 bits per heavy atom. The number of phenolic OH excluding ortho intramolecular Hbond substituents is 1. The number of aryl methyl sites for hydroxylation is 1. The van der Waals surface area contributed by atoms with Crippen LogP contribution >= 0.6 is 0 Å². The van der Waals surface area contributed by atoms with Gasteiger partial charge in [0.15, 0.2) is 5.78 Å². The summed E-state index contributed by atoms with van der Waals surface area (Å²) in [5.41, 5.74) is -1.21. The normalized spacial score (nSPS) is 21.0. The molecule has 0 spiro atoms. The highest BCUT2D eigenvalue weighted by Crippen LogP contribution is 2.46. The number of phenols is 1. The topological polar surface area (TPSA) is 63.6 Å². The van der Waals surface area contributed by atoms with E-state index in [4.69, 9.17) is 4.74 Å². The number of ether oxygens (including phenoxy) is 1. The molecule has 0 aliphatic heterocycles. The maximum atomic E-state index is 13.0. The van der Waals surface area contributed by atoms with Crippen LogP contribution in [0.25, 0.3) is 0 Å². The number of alkyl halides is 3. The first-order valence-corrected chi connectivity index (χ1v) is 7.26. The molecule has 0 aromatic heterocycles. The zero-order valence-electron chi connectivity index (χ0n) is 12.6. The number of esters is 1. The molecule has 23 heavy (non-hydrogen) atoms. The number of benzene rings is 1. The minimum absolute atomic E-state index is 0.0413. The Balaban J connectivity index is 2.40. The maximum Gasteiger partial charge on any atom is 0.390 e. The quantitative estimate of drug-likeness (QED) is 0.859. The first-order valence-electron chi connectivity index (χ1n) is 7.26. The van der Waals surface area contributed by atoms with Crippen molar-refractivity contribution in [3.63, 3.8) is 0 Å². The molecule has 0 fully saturated rings. The summed E-state index contributed by atoms with van der Waals surface area (Å²) in [6.07, 6.45) is -6.46. The summed E-state index contributed by atoms with van der Waals surface area (Å²) < 4.78 is 43.7. The predicted molar refractivity (Wildman–Crippen MR) is 75.1 cm³/mol. The van der Waals surface area contributed by atoms with Crippen LogP contribution < -0.4 is 0 Å². The van der Waals surface area contributed by atoms with Crippen LogP contribution in [0.15, 0.2) is 18.2 Å². The maximum absolute atomic E-state index is 13.0. The van der Waals surface area contributed by atoms with Crippen molar-refractivity contribution in [2.24, 2.45) is 5.41 Å². The van der Waals surface area contributed by atoms with Crippen molar-refractivity contribution >= 4 is 11.8 Å². The second-order valence-corrected chi connectivity index (χ2v) is 5.72. The summed E-state index contributed by atoms with van der Waals surface area (Å²) in [7, 11) is 0. The van der Waals surface area contributed by atoms with Gasteiger partial charge in [-0.2, -0.15) is 13.2 Å². The lowest BCUT2D eigenvalue weighted by atomic mass is 9.66. The van der Waals surface area contributed by atoms with Crippen LogP contribution in [0.4, 0.5) is 13.2 Å². The van der Waals surface area contributed by atoms with E-state index in [-0.39, 0.29) is 30.8 Å². The van der Waals surface area contributed by atoms with Crippen LogP contribution in [-0.4, -0.2) is 29.6 Å². The molecule has 7 heteroatoms. The van der Waals surface area contributed by atoms with E-state index in [9.17, 15) is 27.9 Å². The number of aromatic hydroxyl groups is 1. The van der Waals surface area contributed by atoms with E-state index in [1.54, 1.807) is 6.92 Å². The Bertz CT molecular complexity index is 624. The molecule has 1 aliphatic carbocycles. The fourth-order valence-electron chi connectivity index (χ4n) is 3.05. The Morgan fingerprint density at radius 1 is 1.39 bits per heavy atom. The lowest BCUT2D eigenvalue weighted by molar-refractivity contribution is -0.162. The minimum atomic E-state index is -4.57. The molecule has 1 unspecified atom stereocenters. The van der Waals surface area contributed by atoms with E-state index in [1.165, 1.54) is 18.2 Å². The average molecular weight is 330 g/mol. The minimum Gasteiger partial charge on any atom is -0.508 e. The first kappa shape index (κ1) is 17.3. The molecule has 1 aromatic carbocycles. The van der Waals surface area contributed by atoms with Gasteiger partial charge in [-0.1, -0.05) is 0 Å². The zero-order chi connectivity index (χ0) is 17.3. The Labute approximate surface area is 131 Å². The SMILES string of the molecule is CCOC(=O)CC1(CC(F)(F)F)CCc2cc(O)ccc2C1=O. The van der Waals surface area contributed by atoms with Crippen molar-refractivity contribution in [2.45, 2.75) is 38.8 Å². The van der Waals surface area contributed by atoms with E-state index in [0.717, 1.165) is 0 Å². The fraction of sp³-hybridized carbons (Fsp3) is 0.500. The summed E-state index contributed by atoms with van der Waals surface area (Å²) >= 11 is 0. The van der Waals surface area contributed by atoms with Crippen LogP contribution in [0.2, 0.25) is 0 Å². The smallest absolute Gasteiger partial charge is 0.390 e. The largest absolute Gasteiger partial charge is 0.508 e. The van der Waals surface area contributed by atoms with E-state index in [1.807, 2.05) is 0 Å². The molecule has 0 radical (unpaired) electrons. The summed E-state index contributed by atoms with van der Waals surface area (Å²) in [5.74, 6) is -1.58. The van der Waals surface area contributed by atoms with Crippen molar-refractivity contribution in [1.29, 1.82) is 0 Å². The van der Waals surface area contributed by atoms with Crippen molar-refractivity contribution in [2.75, 3.05) is 6.61 Å². The number of halogens is 3. The number of ketones is 1. The molecule has 4 nitrogen and oxygen atoms in total. The number of rotatable bonds is 4. The second kappa shape index (κ2) is 6.22. The molecule has 2 rings (SSSR count). The standard InChI is InChI=1S/C16H17F3O4/c1-2-23-13(21)8-15(9-16(17,18)19)6-5-10-7-11(20)3-4-12(10)14(15)22/h3-4,7,20H,2,5-6,8-9H2,1H3. The third-order valence-electron chi connectivity index (χ3n) is 4.01. The van der Waals surface area contributed by atoms with Crippen LogP contribution in [-0.2, 0) is 16.0 Å². The van der Waals surface area contributed by atoms with Gasteiger partial charge in [0.1, 0.15) is 5.75 Å². The van der Waals surface area contributed by atoms with Crippen molar-refractivity contribution in [1.82, 2.24) is 0 Å². The van der Waals surface area contributed by atoms with Gasteiger partial charge in [-0.05, 0) is 43.5 Å². The van der Waals surface area contributed by atoms with Gasteiger partial charge >= 0.3 is 12.1 Å². The molecule has 126 valence electrons. The molecular formula is C16H17F3O4. The van der Waals surface area contributed by atoms with Crippen LogP contribution in [0.5, 0.6) is 5.75 Å². The Morgan fingerprint density at radius 3 is 2.70 bits per heavy atom. The molecule has 0 heterocycles. The number of fused-ring (bicyclic) bond motifs is 1. The zero-order valence-corrected chi connectivity index (χ0v) is 12.6. The molecule has 1 aromatic rings. The number of carbonyl (C=O) groups excluding carboxylic acids is 2. The molecule has 0 bridgehead atoms. The van der Waals surface area contributed by atoms with E-state index in [2.05, 4.69) is 0 Å². The third kappa shape index (κ3) is 3.83. The van der Waals surface area contributed by atoms with Crippen LogP contribution in [0.3, 0.4) is 0 Å². The fourth-order valence-corrected chi connectivity index (χ4v) is 3.05. The number of hydrogen-bond donors (Lipinski definition) is 1. The first-order chi connectivity index (χ1) is 10.7. The monoisotopic (exact) mass is 330 g/mol. The number of Topliss-reactive ketones (excluding diaryl/α,β-unsaturated/α-hetero) is 1. The van der Waals surface area contributed by atoms with Crippen molar-refractivity contribution in [3.05, 3.63) is 29.3 Å². The lowest BCUT2D eigenvalue weighted by Crippen LogP contribution is -2.42. The third-order valence-corrected chi connectivity index (χ3v) is 4.01. The molecule has 0 amide bonds. The molecule has 1 N–H and O–H groups in total. The van der Waals surface area contributed by atoms with E-state index < -0.39 is 36.2 Å². The highest BCUT2D eigenvalue weighted by molar-refractivity contribution is 6.04. The van der Waals surface area contributed by atoms with Gasteiger partial charge in [-0.25, -0.2) is 0 Å². The van der Waals surface area contributed by atoms with Gasteiger partial charge in [0.2, 0.25) is 0 Å². The van der Waals surface area contributed by atoms with Crippen LogP contribution in [0, 0.1) is 5.41 Å². The van der Waals surface area contributed by atoms with Crippen molar-refractivity contribution < 1.29 is 32.6 Å². The van der Waals surface area contributed by atoms with E-state index in [0.29, 0.717) is 5.56 Å². The highest BCUT2D eigenvalue weighted by atomic mass is 19.4. The molecule has 0 saturated carbocycles. The highest BCUT2D eigenvalue weighted by Gasteiger charge is 2.51. The van der Waals surface area contributed by atoms with E-state index >= 15 is 0 Å². The summed E-state index contributed by atoms with van der Waals surface area (Å²) in [5, 5.41) is 9.44. The molecule has 0 saturated heterocycles. The second-order valence-electron chi connectivity index (χ2n) is 5.72. The van der Waals surface area contributed by atoms with Gasteiger partial charge in [0.25, 0.3) is 0 Å². The van der Waals surface area contributed by atoms with Gasteiger partial charge in [-0.3, -0.25) is 9.59 Å². The Hall–Kier alpha value is -2.05. The van der Waals surface area contributed by atoms with Gasteiger partial charge in [-0.15, -0.1) is 0 Å². The van der Waals surface area contributed by atoms with Crippen LogP contribution in [0.1, 0.15) is 42.1 Å². The predicted octanol–water partition coefficient (Wildman–Crippen LogP) is 3.41. The van der Waals surface area contributed by atoms with Crippen molar-refractivity contribution in [3.8, 4) is 5.75 Å². The summed E-state index contributed by atoms with van der Waals surface area (Å²) in [6.45, 7) is 1.59. The number of carbonyl (C=O) groups is 2. The molecule has 1 aliphatic rings. The lowest BCUT2D eigenvalue weighted by Gasteiger charge is -2.36. The number of hydrogen-bond acceptors (Lipinski definition) is 4. The Kier molecular flexibility index (Phi) is 4.68.